The smallest absolute Gasteiger partial charge is 0.236 e. The molecule has 0 aliphatic carbocycles. The lowest BCUT2D eigenvalue weighted by Crippen LogP contribution is -2.19. The summed E-state index contributed by atoms with van der Waals surface area (Å²) in [6.45, 7) is 3.49. The van der Waals surface area contributed by atoms with E-state index < -0.39 is 9.84 Å². The maximum absolute atomic E-state index is 13.3. The van der Waals surface area contributed by atoms with Crippen molar-refractivity contribution in [2.45, 2.75) is 29.7 Å². The Kier molecular flexibility index (Phi) is 4.82. The monoisotopic (exact) mass is 446 g/mol. The van der Waals surface area contributed by atoms with E-state index in [9.17, 15) is 8.42 Å². The first-order chi connectivity index (χ1) is 13.0. The first-order valence-electron chi connectivity index (χ1n) is 8.79. The number of aryl methyl sites for hydroxylation is 1. The van der Waals surface area contributed by atoms with Gasteiger partial charge < -0.3 is 9.32 Å². The van der Waals surface area contributed by atoms with Gasteiger partial charge in [-0.2, -0.15) is 4.98 Å². The highest BCUT2D eigenvalue weighted by molar-refractivity contribution is 9.10. The summed E-state index contributed by atoms with van der Waals surface area (Å²) >= 11 is 3.34. The molecule has 1 aromatic heterocycles. The average Bonchev–Trinajstić information content (AvgIpc) is 3.32. The molecule has 0 amide bonds. The van der Waals surface area contributed by atoms with Crippen molar-refractivity contribution in [3.63, 3.8) is 0 Å². The number of rotatable bonds is 4. The molecule has 2 heterocycles. The van der Waals surface area contributed by atoms with Crippen LogP contribution in [0.4, 0.5) is 5.88 Å². The Balaban J connectivity index is 1.88. The zero-order chi connectivity index (χ0) is 19.0. The molecule has 5 nitrogen and oxygen atoms in total. The van der Waals surface area contributed by atoms with Gasteiger partial charge in [0.25, 0.3) is 0 Å². The minimum Gasteiger partial charge on any atom is -0.419 e. The van der Waals surface area contributed by atoms with Gasteiger partial charge in [-0.05, 0) is 55.7 Å². The number of anilines is 1. The summed E-state index contributed by atoms with van der Waals surface area (Å²) in [4.78, 5) is 6.63. The van der Waals surface area contributed by atoms with E-state index in [0.717, 1.165) is 41.5 Å². The minimum absolute atomic E-state index is 0.00928. The number of benzene rings is 2. The van der Waals surface area contributed by atoms with Gasteiger partial charge in [-0.25, -0.2) is 8.42 Å². The first-order valence-corrected chi connectivity index (χ1v) is 11.1. The lowest BCUT2D eigenvalue weighted by molar-refractivity contribution is 0.556. The number of nitrogens with zero attached hydrogens (tertiary/aromatic N) is 2. The Bertz CT molecular complexity index is 1070. The predicted molar refractivity (Wildman–Crippen MR) is 108 cm³/mol. The summed E-state index contributed by atoms with van der Waals surface area (Å²) < 4.78 is 33.4. The number of oxazole rings is 1. The topological polar surface area (TPSA) is 63.4 Å². The predicted octanol–water partition coefficient (Wildman–Crippen LogP) is 4.85. The third-order valence-corrected chi connectivity index (χ3v) is 6.92. The summed E-state index contributed by atoms with van der Waals surface area (Å²) in [7, 11) is -3.79. The molecule has 0 N–H and O–H groups in total. The number of hydrogen-bond acceptors (Lipinski definition) is 5. The fourth-order valence-electron chi connectivity index (χ4n) is 3.25. The van der Waals surface area contributed by atoms with Gasteiger partial charge in [-0.15, -0.1) is 0 Å². The van der Waals surface area contributed by atoms with Crippen molar-refractivity contribution in [2.75, 3.05) is 18.0 Å². The van der Waals surface area contributed by atoms with Gasteiger partial charge in [0.15, 0.2) is 0 Å². The van der Waals surface area contributed by atoms with Crippen LogP contribution in [0.2, 0.25) is 0 Å². The van der Waals surface area contributed by atoms with Gasteiger partial charge in [-0.3, -0.25) is 0 Å². The summed E-state index contributed by atoms with van der Waals surface area (Å²) in [5.41, 5.74) is 1.79. The van der Waals surface area contributed by atoms with E-state index in [1.807, 2.05) is 36.1 Å². The van der Waals surface area contributed by atoms with Crippen molar-refractivity contribution < 1.29 is 12.8 Å². The fourth-order valence-corrected chi connectivity index (χ4v) is 4.83. The molecule has 3 aromatic rings. The third-order valence-electron chi connectivity index (χ3n) is 4.73. The zero-order valence-corrected chi connectivity index (χ0v) is 17.3. The van der Waals surface area contributed by atoms with E-state index in [0.29, 0.717) is 11.8 Å². The van der Waals surface area contributed by atoms with Gasteiger partial charge >= 0.3 is 0 Å². The second-order valence-electron chi connectivity index (χ2n) is 6.60. The van der Waals surface area contributed by atoms with Crippen LogP contribution in [0.5, 0.6) is 0 Å². The molecule has 0 unspecified atom stereocenters. The van der Waals surface area contributed by atoms with Crippen molar-refractivity contribution in [3.8, 4) is 11.5 Å². The molecular formula is C20H19BrN2O3S. The second-order valence-corrected chi connectivity index (χ2v) is 9.38. The average molecular weight is 447 g/mol. The fraction of sp³-hybridized carbons (Fsp3) is 0.250. The molecule has 0 bridgehead atoms. The van der Waals surface area contributed by atoms with Crippen LogP contribution in [0, 0.1) is 6.92 Å². The summed E-state index contributed by atoms with van der Waals surface area (Å²) in [5, 5.41) is -0.00928. The standard InChI is InChI=1S/C20H19BrN2O3S/c1-14-6-2-3-7-17(14)18-22-19(20(26-18)23-12-4-5-13-23)27(24,25)16-10-8-15(21)9-11-16/h2-3,6-11H,4-5,12-13H2,1H3. The SMILES string of the molecule is Cc1ccccc1-c1nc(S(=O)(=O)c2ccc(Br)cc2)c(N2CCCC2)o1. The van der Waals surface area contributed by atoms with Crippen LogP contribution in [0.3, 0.4) is 0 Å². The molecule has 1 aliphatic rings. The van der Waals surface area contributed by atoms with Crippen LogP contribution in [0.1, 0.15) is 18.4 Å². The second kappa shape index (κ2) is 7.13. The molecule has 0 saturated carbocycles. The van der Waals surface area contributed by atoms with Crippen molar-refractivity contribution in [1.82, 2.24) is 4.98 Å². The minimum atomic E-state index is -3.79. The maximum atomic E-state index is 13.3. The van der Waals surface area contributed by atoms with Crippen molar-refractivity contribution >= 4 is 31.7 Å². The Morgan fingerprint density at radius 3 is 2.37 bits per heavy atom. The number of aromatic nitrogens is 1. The highest BCUT2D eigenvalue weighted by Gasteiger charge is 2.32. The van der Waals surface area contributed by atoms with Crippen LogP contribution in [0.15, 0.2) is 67.3 Å². The molecule has 0 spiro atoms. The van der Waals surface area contributed by atoms with Gasteiger partial charge in [0.1, 0.15) is 0 Å². The molecule has 4 rings (SSSR count). The van der Waals surface area contributed by atoms with Crippen LogP contribution in [-0.4, -0.2) is 26.5 Å². The molecule has 7 heteroatoms. The summed E-state index contributed by atoms with van der Waals surface area (Å²) in [6, 6.07) is 14.3. The Labute approximate surface area is 167 Å². The van der Waals surface area contributed by atoms with Gasteiger partial charge in [-0.1, -0.05) is 34.1 Å². The highest BCUT2D eigenvalue weighted by atomic mass is 79.9. The number of hydrogen-bond donors (Lipinski definition) is 0. The largest absolute Gasteiger partial charge is 0.419 e. The summed E-state index contributed by atoms with van der Waals surface area (Å²) in [6.07, 6.45) is 2.02. The van der Waals surface area contributed by atoms with E-state index in [-0.39, 0.29) is 9.92 Å². The normalized spacial score (nSPS) is 14.7. The van der Waals surface area contributed by atoms with Crippen molar-refractivity contribution in [2.24, 2.45) is 0 Å². The Morgan fingerprint density at radius 1 is 1.04 bits per heavy atom. The quantitative estimate of drug-likeness (QED) is 0.573. The molecular weight excluding hydrogens is 428 g/mol. The molecule has 0 atom stereocenters. The van der Waals surface area contributed by atoms with E-state index in [1.165, 1.54) is 0 Å². The van der Waals surface area contributed by atoms with Crippen molar-refractivity contribution in [1.29, 1.82) is 0 Å². The Hall–Kier alpha value is -2.12. The summed E-state index contributed by atoms with van der Waals surface area (Å²) in [5.74, 6) is 0.680. The molecule has 140 valence electrons. The highest BCUT2D eigenvalue weighted by Crippen LogP contribution is 2.37. The maximum Gasteiger partial charge on any atom is 0.236 e. The van der Waals surface area contributed by atoms with E-state index in [4.69, 9.17) is 4.42 Å². The van der Waals surface area contributed by atoms with E-state index >= 15 is 0 Å². The van der Waals surface area contributed by atoms with E-state index in [1.54, 1.807) is 24.3 Å². The van der Waals surface area contributed by atoms with Crippen LogP contribution in [-0.2, 0) is 9.84 Å². The van der Waals surface area contributed by atoms with Gasteiger partial charge in [0.2, 0.25) is 26.6 Å². The zero-order valence-electron chi connectivity index (χ0n) is 14.9. The van der Waals surface area contributed by atoms with E-state index in [2.05, 4.69) is 20.9 Å². The lowest BCUT2D eigenvalue weighted by Gasteiger charge is -2.14. The first kappa shape index (κ1) is 18.3. The molecule has 2 aromatic carbocycles. The number of sulfone groups is 1. The van der Waals surface area contributed by atoms with Gasteiger partial charge in [0, 0.05) is 23.1 Å². The third kappa shape index (κ3) is 3.41. The van der Waals surface area contributed by atoms with Crippen LogP contribution in [0.25, 0.3) is 11.5 Å². The molecule has 27 heavy (non-hydrogen) atoms. The lowest BCUT2D eigenvalue weighted by atomic mass is 10.1. The Morgan fingerprint density at radius 2 is 1.70 bits per heavy atom. The van der Waals surface area contributed by atoms with Gasteiger partial charge in [0.05, 0.1) is 4.90 Å². The van der Waals surface area contributed by atoms with Crippen LogP contribution >= 0.6 is 15.9 Å². The molecule has 0 radical (unpaired) electrons. The van der Waals surface area contributed by atoms with Crippen molar-refractivity contribution in [3.05, 3.63) is 58.6 Å². The number of halogens is 1. The van der Waals surface area contributed by atoms with Crippen LogP contribution < -0.4 is 4.90 Å². The molecule has 1 saturated heterocycles. The molecule has 1 fully saturated rings. The molecule has 1 aliphatic heterocycles.